The molecule has 0 unspecified atom stereocenters. The van der Waals surface area contributed by atoms with Gasteiger partial charge in [-0.3, -0.25) is 4.79 Å². The highest BCUT2D eigenvalue weighted by molar-refractivity contribution is 6.38. The highest BCUT2D eigenvalue weighted by Gasteiger charge is 2.24. The van der Waals surface area contributed by atoms with Gasteiger partial charge in [0.05, 0.1) is 15.7 Å². The van der Waals surface area contributed by atoms with Crippen LogP contribution in [0, 0.1) is 10.1 Å². The van der Waals surface area contributed by atoms with Gasteiger partial charge in [0, 0.05) is 13.1 Å². The predicted molar refractivity (Wildman–Crippen MR) is 122 cm³/mol. The number of anilines is 1. The third-order valence-electron chi connectivity index (χ3n) is 3.78. The number of nitrogens with one attached hydrogen (secondary N) is 3. The van der Waals surface area contributed by atoms with Crippen molar-refractivity contribution >= 4 is 46.8 Å². The molecule has 0 saturated carbocycles. The molecule has 0 saturated heterocycles. The number of ether oxygens (including phenoxy) is 1. The van der Waals surface area contributed by atoms with E-state index in [1.165, 1.54) is 0 Å². The van der Waals surface area contributed by atoms with Gasteiger partial charge in [-0.25, -0.2) is 14.9 Å². The van der Waals surface area contributed by atoms with E-state index in [1.54, 1.807) is 32.9 Å². The van der Waals surface area contributed by atoms with Gasteiger partial charge in [0.15, 0.2) is 5.03 Å². The van der Waals surface area contributed by atoms with Gasteiger partial charge in [0.1, 0.15) is 16.7 Å². The van der Waals surface area contributed by atoms with Crippen LogP contribution in [0.5, 0.6) is 0 Å². The van der Waals surface area contributed by atoms with E-state index in [0.29, 0.717) is 12.0 Å². The summed E-state index contributed by atoms with van der Waals surface area (Å²) in [7, 11) is 0. The van der Waals surface area contributed by atoms with Gasteiger partial charge in [-0.15, -0.1) is 0 Å². The Morgan fingerprint density at radius 2 is 1.84 bits per heavy atom. The van der Waals surface area contributed by atoms with Crippen molar-refractivity contribution in [3.63, 3.8) is 0 Å². The zero-order valence-electron chi connectivity index (χ0n) is 17.9. The molecule has 0 bridgehead atoms. The number of nitro groups is 1. The van der Waals surface area contributed by atoms with Crippen molar-refractivity contribution in [2.24, 2.45) is 10.8 Å². The van der Waals surface area contributed by atoms with Gasteiger partial charge in [-0.1, -0.05) is 23.2 Å². The third-order valence-corrected chi connectivity index (χ3v) is 4.40. The van der Waals surface area contributed by atoms with Crippen molar-refractivity contribution in [3.8, 4) is 0 Å². The quantitative estimate of drug-likeness (QED) is 0.0864. The van der Waals surface area contributed by atoms with Crippen LogP contribution in [0.25, 0.3) is 0 Å². The summed E-state index contributed by atoms with van der Waals surface area (Å²) in [4.78, 5) is 35.1. The maximum atomic E-state index is 12.7. The van der Waals surface area contributed by atoms with E-state index in [0.717, 1.165) is 0 Å². The summed E-state index contributed by atoms with van der Waals surface area (Å²) in [6.07, 6.45) is -0.243. The van der Waals surface area contributed by atoms with Crippen LogP contribution in [0.1, 0.15) is 39.2 Å². The second kappa shape index (κ2) is 12.2. The minimum atomic E-state index is -0.944. The number of nitrogens with two attached hydrogens (primary N) is 2. The van der Waals surface area contributed by atoms with E-state index in [4.69, 9.17) is 39.4 Å². The first-order valence-corrected chi connectivity index (χ1v) is 10.3. The fourth-order valence-corrected chi connectivity index (χ4v) is 2.95. The lowest BCUT2D eigenvalue weighted by Gasteiger charge is -2.23. The van der Waals surface area contributed by atoms with E-state index >= 15 is 0 Å². The number of rotatable bonds is 9. The molecule has 1 aromatic carbocycles. The summed E-state index contributed by atoms with van der Waals surface area (Å²) < 4.78 is 5.21. The van der Waals surface area contributed by atoms with Crippen LogP contribution < -0.4 is 27.4 Å². The Hall–Kier alpha value is -2.99. The van der Waals surface area contributed by atoms with E-state index in [1.807, 2.05) is 0 Å². The molecule has 0 heterocycles. The van der Waals surface area contributed by atoms with Gasteiger partial charge in [-0.05, 0) is 51.3 Å². The molecule has 14 heteroatoms. The first-order valence-electron chi connectivity index (χ1n) is 9.51. The summed E-state index contributed by atoms with van der Waals surface area (Å²) in [5.74, 6) is -0.847. The van der Waals surface area contributed by atoms with Gasteiger partial charge < -0.3 is 32.2 Å². The average Bonchev–Trinajstić information content (AvgIpc) is 2.64. The summed E-state index contributed by atoms with van der Waals surface area (Å²) in [6.45, 7) is 5.35. The minimum Gasteiger partial charge on any atom is -0.444 e. The molecule has 32 heavy (non-hydrogen) atoms. The van der Waals surface area contributed by atoms with E-state index in [9.17, 15) is 19.7 Å². The molecule has 0 aromatic heterocycles. The number of nitrogens with zero attached hydrogens (tertiary/aromatic N) is 2. The normalized spacial score (nSPS) is 12.6. The van der Waals surface area contributed by atoms with Crippen LogP contribution in [0.15, 0.2) is 17.2 Å². The standard InChI is InChI=1S/C18H27Cl2N7O5/c1-18(2,3)32-17(29)25-13(5-4-6-23-16(22)26-27(30)31)15(28)24-9-10-7-11(19)14(21)12(20)8-10/h7-8,13H,4-6,9,21H2,1-3H3,(H,24,28)(H,25,29)(H3,22,23,26)/t13-/m1/s1. The molecule has 1 rings (SSSR count). The number of guanidine groups is 1. The molecule has 0 spiro atoms. The number of hydrogen-bond donors (Lipinski definition) is 5. The molecule has 7 N–H and O–H groups in total. The van der Waals surface area contributed by atoms with E-state index in [2.05, 4.69) is 21.1 Å². The zero-order valence-corrected chi connectivity index (χ0v) is 19.4. The number of carbonyl (C=O) groups is 2. The number of carbonyl (C=O) groups excluding carboxylic acids is 2. The van der Waals surface area contributed by atoms with Crippen molar-refractivity contribution in [1.82, 2.24) is 16.0 Å². The summed E-state index contributed by atoms with van der Waals surface area (Å²) in [5, 5.41) is 20.5. The van der Waals surface area contributed by atoms with Crippen LogP contribution in [0.2, 0.25) is 10.0 Å². The number of nitrogen functional groups attached to an aromatic ring is 1. The van der Waals surface area contributed by atoms with Crippen LogP contribution in [0.3, 0.4) is 0 Å². The monoisotopic (exact) mass is 491 g/mol. The molecule has 0 aliphatic carbocycles. The number of hydrogen-bond acceptors (Lipinski definition) is 6. The molecule has 12 nitrogen and oxygen atoms in total. The Balaban J connectivity index is 2.76. The summed E-state index contributed by atoms with van der Waals surface area (Å²) in [5.41, 5.74) is 11.1. The van der Waals surface area contributed by atoms with Crippen LogP contribution in [-0.4, -0.2) is 41.2 Å². The molecule has 0 fully saturated rings. The van der Waals surface area contributed by atoms with Crippen LogP contribution >= 0.6 is 23.2 Å². The first kappa shape index (κ1) is 27.0. The fourth-order valence-electron chi connectivity index (χ4n) is 2.42. The number of amides is 2. The second-order valence-electron chi connectivity index (χ2n) is 7.68. The smallest absolute Gasteiger partial charge is 0.408 e. The Morgan fingerprint density at radius 1 is 1.25 bits per heavy atom. The molecule has 1 atom stereocenters. The SMILES string of the molecule is CC(C)(C)OC(=O)N[C@H](CCCNC(N)=N[N+](=O)[O-])C(=O)NCc1cc(Cl)c(N)c(Cl)c1. The first-order chi connectivity index (χ1) is 14.8. The maximum Gasteiger partial charge on any atom is 0.408 e. The Kier molecular flexibility index (Phi) is 10.3. The fraction of sp³-hybridized carbons (Fsp3) is 0.500. The van der Waals surface area contributed by atoms with Crippen molar-refractivity contribution in [3.05, 3.63) is 37.9 Å². The molecular weight excluding hydrogens is 465 g/mol. The van der Waals surface area contributed by atoms with E-state index in [-0.39, 0.29) is 41.2 Å². The third kappa shape index (κ3) is 10.4. The molecular formula is C18H27Cl2N7O5. The van der Waals surface area contributed by atoms with Crippen LogP contribution in [-0.2, 0) is 16.1 Å². The lowest BCUT2D eigenvalue weighted by molar-refractivity contribution is -0.485. The van der Waals surface area contributed by atoms with Gasteiger partial charge in [-0.2, -0.15) is 0 Å². The number of hydrazone groups is 1. The Morgan fingerprint density at radius 3 is 2.38 bits per heavy atom. The highest BCUT2D eigenvalue weighted by atomic mass is 35.5. The predicted octanol–water partition coefficient (Wildman–Crippen LogP) is 1.96. The second-order valence-corrected chi connectivity index (χ2v) is 8.50. The number of alkyl carbamates (subject to hydrolysis) is 1. The molecule has 178 valence electrons. The largest absolute Gasteiger partial charge is 0.444 e. The number of benzene rings is 1. The zero-order chi connectivity index (χ0) is 24.5. The average molecular weight is 492 g/mol. The molecule has 0 aliphatic heterocycles. The highest BCUT2D eigenvalue weighted by Crippen LogP contribution is 2.28. The van der Waals surface area contributed by atoms with Crippen molar-refractivity contribution < 1.29 is 19.4 Å². The maximum absolute atomic E-state index is 12.7. The topological polar surface area (TPSA) is 187 Å². The number of halogens is 2. The lowest BCUT2D eigenvalue weighted by Crippen LogP contribution is -2.48. The summed E-state index contributed by atoms with van der Waals surface area (Å²) in [6, 6.07) is 2.20. The molecule has 2 amide bonds. The van der Waals surface area contributed by atoms with E-state index < -0.39 is 28.7 Å². The van der Waals surface area contributed by atoms with Crippen molar-refractivity contribution in [1.29, 1.82) is 0 Å². The van der Waals surface area contributed by atoms with Gasteiger partial charge in [0.25, 0.3) is 5.96 Å². The molecule has 0 radical (unpaired) electrons. The van der Waals surface area contributed by atoms with Crippen molar-refractivity contribution in [2.75, 3.05) is 12.3 Å². The minimum absolute atomic E-state index is 0.0890. The Labute approximate surface area is 195 Å². The lowest BCUT2D eigenvalue weighted by atomic mass is 10.1. The van der Waals surface area contributed by atoms with Gasteiger partial charge >= 0.3 is 6.09 Å². The molecule has 0 aliphatic rings. The van der Waals surface area contributed by atoms with Crippen molar-refractivity contribution in [2.45, 2.75) is 51.8 Å². The summed E-state index contributed by atoms with van der Waals surface area (Å²) >= 11 is 12.0. The Bertz CT molecular complexity index is 851. The van der Waals surface area contributed by atoms with Crippen LogP contribution in [0.4, 0.5) is 10.5 Å². The molecule has 1 aromatic rings. The van der Waals surface area contributed by atoms with Gasteiger partial charge in [0.2, 0.25) is 5.91 Å².